The molecule has 7 N–H and O–H groups in total. The summed E-state index contributed by atoms with van der Waals surface area (Å²) < 4.78 is 15.3. The summed E-state index contributed by atoms with van der Waals surface area (Å²) in [6.45, 7) is 1.09. The van der Waals surface area contributed by atoms with E-state index in [1.807, 2.05) is 0 Å². The van der Waals surface area contributed by atoms with E-state index in [-0.39, 0.29) is 6.61 Å². The number of hydrogen-bond donors (Lipinski definition) is 7. The smallest absolute Gasteiger partial charge is 0.186 e. The molecule has 2 rings (SSSR count). The van der Waals surface area contributed by atoms with Crippen molar-refractivity contribution in [2.75, 3.05) is 6.61 Å². The van der Waals surface area contributed by atoms with Crippen LogP contribution in [0.15, 0.2) is 0 Å². The minimum Gasteiger partial charge on any atom is -0.388 e. The molecule has 2 fully saturated rings. The van der Waals surface area contributed by atoms with Crippen molar-refractivity contribution in [2.24, 2.45) is 0 Å². The molecular formula is C12H22O10. The summed E-state index contributed by atoms with van der Waals surface area (Å²) in [4.78, 5) is 0. The molecule has 130 valence electrons. The lowest BCUT2D eigenvalue weighted by Gasteiger charge is -2.41. The van der Waals surface area contributed by atoms with Crippen LogP contribution in [-0.4, -0.2) is 104 Å². The maximum absolute atomic E-state index is 9.76. The maximum atomic E-state index is 9.76. The second kappa shape index (κ2) is 7.01. The van der Waals surface area contributed by atoms with Gasteiger partial charge in [0.1, 0.15) is 42.7 Å². The van der Waals surface area contributed by atoms with Gasteiger partial charge in [-0.3, -0.25) is 0 Å². The molecule has 10 atom stereocenters. The first-order chi connectivity index (χ1) is 10.2. The molecule has 22 heavy (non-hydrogen) atoms. The predicted octanol–water partition coefficient (Wildman–Crippen LogP) is -4.37. The van der Waals surface area contributed by atoms with Crippen LogP contribution in [0.3, 0.4) is 0 Å². The SMILES string of the molecule is C[C@@H]1O[C@@H](OC[C@H]2O[C@@H](O)[C@H](O)[C@@H](O)[C@@H]2O)[C@H](O)[C@H](O)[C@H]1O. The largest absolute Gasteiger partial charge is 0.388 e. The molecular weight excluding hydrogens is 304 g/mol. The monoisotopic (exact) mass is 326 g/mol. The van der Waals surface area contributed by atoms with Crippen molar-refractivity contribution >= 4 is 0 Å². The summed E-state index contributed by atoms with van der Waals surface area (Å²) in [7, 11) is 0. The van der Waals surface area contributed by atoms with Gasteiger partial charge in [-0.05, 0) is 6.92 Å². The quantitative estimate of drug-likeness (QED) is 0.269. The molecule has 0 aromatic carbocycles. The lowest BCUT2D eigenvalue weighted by Crippen LogP contribution is -2.60. The van der Waals surface area contributed by atoms with Crippen molar-refractivity contribution in [2.45, 2.75) is 68.3 Å². The van der Waals surface area contributed by atoms with Crippen LogP contribution < -0.4 is 0 Å². The van der Waals surface area contributed by atoms with Gasteiger partial charge in [-0.1, -0.05) is 0 Å². The van der Waals surface area contributed by atoms with Gasteiger partial charge in [0.2, 0.25) is 0 Å². The molecule has 0 aliphatic carbocycles. The Morgan fingerprint density at radius 1 is 0.727 bits per heavy atom. The van der Waals surface area contributed by atoms with Crippen LogP contribution in [0, 0.1) is 0 Å². The molecule has 0 spiro atoms. The molecule has 0 amide bonds. The lowest BCUT2D eigenvalue weighted by molar-refractivity contribution is -0.322. The van der Waals surface area contributed by atoms with Crippen LogP contribution in [0.1, 0.15) is 6.92 Å². The standard InChI is InChI=1S/C12H22O10/c1-3-5(13)7(15)10(18)12(21-3)20-2-4-6(14)8(16)9(17)11(19)22-4/h3-19H,2H2,1H3/t3-,4+,5-,6+,7+,8-,9+,10+,11+,12+/m0/s1. The molecule has 0 aromatic heterocycles. The molecule has 0 bridgehead atoms. The van der Waals surface area contributed by atoms with Crippen LogP contribution >= 0.6 is 0 Å². The Morgan fingerprint density at radius 2 is 1.32 bits per heavy atom. The van der Waals surface area contributed by atoms with E-state index in [9.17, 15) is 35.7 Å². The summed E-state index contributed by atoms with van der Waals surface area (Å²) in [5.41, 5.74) is 0. The zero-order valence-corrected chi connectivity index (χ0v) is 11.8. The number of ether oxygens (including phenoxy) is 3. The number of aliphatic hydroxyl groups excluding tert-OH is 7. The molecule has 2 saturated heterocycles. The van der Waals surface area contributed by atoms with Gasteiger partial charge >= 0.3 is 0 Å². The van der Waals surface area contributed by atoms with E-state index in [2.05, 4.69) is 0 Å². The predicted molar refractivity (Wildman–Crippen MR) is 67.2 cm³/mol. The van der Waals surface area contributed by atoms with E-state index in [0.717, 1.165) is 0 Å². The van der Waals surface area contributed by atoms with E-state index in [1.165, 1.54) is 6.92 Å². The molecule has 10 heteroatoms. The van der Waals surface area contributed by atoms with Gasteiger partial charge in [0.05, 0.1) is 12.7 Å². The third-order valence-corrected chi connectivity index (χ3v) is 3.92. The zero-order valence-electron chi connectivity index (χ0n) is 11.8. The molecule has 0 saturated carbocycles. The van der Waals surface area contributed by atoms with E-state index in [0.29, 0.717) is 0 Å². The van der Waals surface area contributed by atoms with Gasteiger partial charge in [0, 0.05) is 0 Å². The highest BCUT2D eigenvalue weighted by Crippen LogP contribution is 2.24. The fourth-order valence-corrected chi connectivity index (χ4v) is 2.41. The third kappa shape index (κ3) is 3.41. The minimum atomic E-state index is -1.70. The van der Waals surface area contributed by atoms with Gasteiger partial charge in [-0.15, -0.1) is 0 Å². The summed E-state index contributed by atoms with van der Waals surface area (Å²) in [6, 6.07) is 0. The molecule has 2 aliphatic rings. The van der Waals surface area contributed by atoms with Crippen LogP contribution in [0.4, 0.5) is 0 Å². The van der Waals surface area contributed by atoms with E-state index < -0.39 is 61.4 Å². The first-order valence-corrected chi connectivity index (χ1v) is 6.93. The average Bonchev–Trinajstić information content (AvgIpc) is 2.49. The second-order valence-corrected chi connectivity index (χ2v) is 5.55. The van der Waals surface area contributed by atoms with E-state index in [4.69, 9.17) is 14.2 Å². The average molecular weight is 326 g/mol. The highest BCUT2D eigenvalue weighted by Gasteiger charge is 2.45. The van der Waals surface area contributed by atoms with Crippen molar-refractivity contribution in [3.05, 3.63) is 0 Å². The van der Waals surface area contributed by atoms with Crippen LogP contribution in [0.2, 0.25) is 0 Å². The van der Waals surface area contributed by atoms with Crippen molar-refractivity contribution in [1.82, 2.24) is 0 Å². The van der Waals surface area contributed by atoms with Crippen molar-refractivity contribution < 1.29 is 50.0 Å². The Kier molecular flexibility index (Phi) is 5.72. The fraction of sp³-hybridized carbons (Fsp3) is 1.00. The van der Waals surface area contributed by atoms with E-state index >= 15 is 0 Å². The normalized spacial score (nSPS) is 53.5. The fourth-order valence-electron chi connectivity index (χ4n) is 2.41. The number of aliphatic hydroxyl groups is 7. The Balaban J connectivity index is 1.92. The molecule has 10 nitrogen and oxygen atoms in total. The Morgan fingerprint density at radius 3 is 1.95 bits per heavy atom. The molecule has 0 unspecified atom stereocenters. The minimum absolute atomic E-state index is 0.390. The van der Waals surface area contributed by atoms with Gasteiger partial charge in [0.25, 0.3) is 0 Å². The second-order valence-electron chi connectivity index (χ2n) is 5.55. The molecule has 2 aliphatic heterocycles. The Bertz CT molecular complexity index is 334. The van der Waals surface area contributed by atoms with Crippen LogP contribution in [0.5, 0.6) is 0 Å². The summed E-state index contributed by atoms with van der Waals surface area (Å²) in [5.74, 6) is 0. The van der Waals surface area contributed by atoms with E-state index in [1.54, 1.807) is 0 Å². The first-order valence-electron chi connectivity index (χ1n) is 6.93. The van der Waals surface area contributed by atoms with Gasteiger partial charge in [0.15, 0.2) is 12.6 Å². The molecule has 2 heterocycles. The van der Waals surface area contributed by atoms with Crippen LogP contribution in [0.25, 0.3) is 0 Å². The maximum Gasteiger partial charge on any atom is 0.186 e. The zero-order chi connectivity index (χ0) is 16.6. The Labute approximate surface area is 126 Å². The van der Waals surface area contributed by atoms with Gasteiger partial charge < -0.3 is 50.0 Å². The van der Waals surface area contributed by atoms with Crippen molar-refractivity contribution in [3.8, 4) is 0 Å². The summed E-state index contributed by atoms with van der Waals surface area (Å²) in [5, 5.41) is 67.0. The van der Waals surface area contributed by atoms with Crippen molar-refractivity contribution in [3.63, 3.8) is 0 Å². The molecule has 0 aromatic rings. The Hall–Kier alpha value is -0.400. The lowest BCUT2D eigenvalue weighted by atomic mass is 9.99. The molecule has 0 radical (unpaired) electrons. The summed E-state index contributed by atoms with van der Waals surface area (Å²) in [6.07, 6.45) is -14.0. The third-order valence-electron chi connectivity index (χ3n) is 3.92. The van der Waals surface area contributed by atoms with Gasteiger partial charge in [-0.25, -0.2) is 0 Å². The topological polar surface area (TPSA) is 169 Å². The first kappa shape index (κ1) is 17.9. The number of hydrogen-bond acceptors (Lipinski definition) is 10. The van der Waals surface area contributed by atoms with Crippen LogP contribution in [-0.2, 0) is 14.2 Å². The highest BCUT2D eigenvalue weighted by molar-refractivity contribution is 4.90. The van der Waals surface area contributed by atoms with Crippen molar-refractivity contribution in [1.29, 1.82) is 0 Å². The summed E-state index contributed by atoms with van der Waals surface area (Å²) >= 11 is 0. The highest BCUT2D eigenvalue weighted by atomic mass is 16.7. The van der Waals surface area contributed by atoms with Gasteiger partial charge in [-0.2, -0.15) is 0 Å². The number of rotatable bonds is 3.